The van der Waals surface area contributed by atoms with Gasteiger partial charge in [-0.3, -0.25) is 9.58 Å². The van der Waals surface area contributed by atoms with E-state index in [0.717, 1.165) is 36.1 Å². The van der Waals surface area contributed by atoms with Gasteiger partial charge in [-0.2, -0.15) is 10.4 Å². The first-order valence-electron chi connectivity index (χ1n) is 6.65. The zero-order chi connectivity index (χ0) is 13.9. The van der Waals surface area contributed by atoms with Crippen molar-refractivity contribution in [3.63, 3.8) is 0 Å². The van der Waals surface area contributed by atoms with Crippen LogP contribution in [-0.4, -0.2) is 27.8 Å². The van der Waals surface area contributed by atoms with Gasteiger partial charge in [0.05, 0.1) is 28.3 Å². The molecule has 0 spiro atoms. The summed E-state index contributed by atoms with van der Waals surface area (Å²) in [6.45, 7) is 3.04. The minimum Gasteiger partial charge on any atom is -0.297 e. The number of aromatic nitrogens is 2. The molecular formula is C15H15BrN4. The minimum atomic E-state index is 0.458. The lowest BCUT2D eigenvalue weighted by molar-refractivity contribution is 0.311. The molecule has 0 aliphatic carbocycles. The lowest BCUT2D eigenvalue weighted by Gasteiger charge is -2.16. The molecule has 1 atom stereocenters. The first-order chi connectivity index (χ1) is 9.74. The van der Waals surface area contributed by atoms with E-state index < -0.39 is 0 Å². The number of nitriles is 1. The van der Waals surface area contributed by atoms with Crippen LogP contribution < -0.4 is 0 Å². The molecule has 5 heteroatoms. The van der Waals surface area contributed by atoms with E-state index in [1.807, 2.05) is 41.3 Å². The summed E-state index contributed by atoms with van der Waals surface area (Å²) in [4.78, 5) is 2.43. The van der Waals surface area contributed by atoms with Crippen molar-refractivity contribution < 1.29 is 0 Å². The van der Waals surface area contributed by atoms with E-state index in [9.17, 15) is 0 Å². The van der Waals surface area contributed by atoms with Gasteiger partial charge in [-0.25, -0.2) is 0 Å². The fraction of sp³-hybridized carbons (Fsp3) is 0.333. The van der Waals surface area contributed by atoms with Gasteiger partial charge >= 0.3 is 0 Å². The summed E-state index contributed by atoms with van der Waals surface area (Å²) in [5.74, 6) is 0. The number of hydrogen-bond acceptors (Lipinski definition) is 3. The molecule has 3 rings (SSSR count). The van der Waals surface area contributed by atoms with Crippen molar-refractivity contribution in [3.8, 4) is 6.07 Å². The Labute approximate surface area is 126 Å². The zero-order valence-corrected chi connectivity index (χ0v) is 12.6. The highest BCUT2D eigenvalue weighted by Gasteiger charge is 2.24. The Hall–Kier alpha value is -1.64. The van der Waals surface area contributed by atoms with Crippen LogP contribution in [0.2, 0.25) is 0 Å². The Balaban J connectivity index is 1.61. The van der Waals surface area contributed by atoms with Crippen molar-refractivity contribution in [3.05, 3.63) is 52.3 Å². The third-order valence-electron chi connectivity index (χ3n) is 3.68. The largest absolute Gasteiger partial charge is 0.297 e. The van der Waals surface area contributed by atoms with Crippen molar-refractivity contribution in [2.75, 3.05) is 13.1 Å². The molecule has 1 aromatic heterocycles. The summed E-state index contributed by atoms with van der Waals surface area (Å²) < 4.78 is 3.08. The Morgan fingerprint density at radius 1 is 1.35 bits per heavy atom. The fourth-order valence-corrected chi connectivity index (χ4v) is 2.93. The Kier molecular flexibility index (Phi) is 3.86. The normalized spacial score (nSPS) is 19.1. The Morgan fingerprint density at radius 3 is 2.80 bits per heavy atom. The van der Waals surface area contributed by atoms with Crippen LogP contribution in [-0.2, 0) is 6.54 Å². The lowest BCUT2D eigenvalue weighted by Crippen LogP contribution is -2.21. The quantitative estimate of drug-likeness (QED) is 0.869. The SMILES string of the molecule is N#Cc1ccc(CN2CCC(n3cc(Br)cn3)C2)cc1. The molecule has 0 radical (unpaired) electrons. The molecule has 1 saturated heterocycles. The van der Waals surface area contributed by atoms with Crippen molar-refractivity contribution in [1.82, 2.24) is 14.7 Å². The first kappa shape index (κ1) is 13.3. The average molecular weight is 331 g/mol. The maximum absolute atomic E-state index is 8.80. The van der Waals surface area contributed by atoms with Crippen molar-refractivity contribution in [2.45, 2.75) is 19.0 Å². The monoisotopic (exact) mass is 330 g/mol. The molecule has 1 unspecified atom stereocenters. The predicted octanol–water partition coefficient (Wildman–Crippen LogP) is 2.96. The fourth-order valence-electron chi connectivity index (χ4n) is 2.63. The van der Waals surface area contributed by atoms with Crippen LogP contribution in [0.3, 0.4) is 0 Å². The van der Waals surface area contributed by atoms with Gasteiger partial charge in [-0.15, -0.1) is 0 Å². The molecule has 20 heavy (non-hydrogen) atoms. The van der Waals surface area contributed by atoms with Crippen LogP contribution in [0.4, 0.5) is 0 Å². The van der Waals surface area contributed by atoms with Crippen molar-refractivity contribution in [1.29, 1.82) is 5.26 Å². The van der Waals surface area contributed by atoms with E-state index in [-0.39, 0.29) is 0 Å². The van der Waals surface area contributed by atoms with Gasteiger partial charge in [-0.05, 0) is 40.0 Å². The maximum atomic E-state index is 8.80. The molecule has 0 saturated carbocycles. The standard InChI is InChI=1S/C15H15BrN4/c16-14-8-18-20(10-14)15-5-6-19(11-15)9-13-3-1-12(7-17)2-4-13/h1-4,8,10,15H,5-6,9,11H2. The summed E-state index contributed by atoms with van der Waals surface area (Å²) in [5.41, 5.74) is 1.97. The van der Waals surface area contributed by atoms with E-state index in [2.05, 4.69) is 32.0 Å². The molecule has 2 aromatic rings. The average Bonchev–Trinajstić information content (AvgIpc) is 3.09. The second kappa shape index (κ2) is 5.78. The van der Waals surface area contributed by atoms with Gasteiger partial charge in [-0.1, -0.05) is 12.1 Å². The highest BCUT2D eigenvalue weighted by Crippen LogP contribution is 2.23. The Bertz CT molecular complexity index is 626. The van der Waals surface area contributed by atoms with Crippen LogP contribution in [0.5, 0.6) is 0 Å². The van der Waals surface area contributed by atoms with Crippen molar-refractivity contribution in [2.24, 2.45) is 0 Å². The summed E-state index contributed by atoms with van der Waals surface area (Å²) in [7, 11) is 0. The first-order valence-corrected chi connectivity index (χ1v) is 7.45. The summed E-state index contributed by atoms with van der Waals surface area (Å²) >= 11 is 3.44. The third kappa shape index (κ3) is 2.92. The number of nitrogens with zero attached hydrogens (tertiary/aromatic N) is 4. The summed E-state index contributed by atoms with van der Waals surface area (Å²) in [6.07, 6.45) is 5.00. The highest BCUT2D eigenvalue weighted by molar-refractivity contribution is 9.10. The zero-order valence-electron chi connectivity index (χ0n) is 11.0. The van der Waals surface area contributed by atoms with Crippen LogP contribution in [0.15, 0.2) is 41.1 Å². The summed E-state index contributed by atoms with van der Waals surface area (Å²) in [6, 6.07) is 10.4. The maximum Gasteiger partial charge on any atom is 0.0991 e. The van der Waals surface area contributed by atoms with Crippen LogP contribution in [0, 0.1) is 11.3 Å². The van der Waals surface area contributed by atoms with Gasteiger partial charge in [0.2, 0.25) is 0 Å². The molecule has 4 nitrogen and oxygen atoms in total. The van der Waals surface area contributed by atoms with Gasteiger partial charge < -0.3 is 0 Å². The van der Waals surface area contributed by atoms with Crippen LogP contribution in [0.25, 0.3) is 0 Å². The van der Waals surface area contributed by atoms with Crippen LogP contribution >= 0.6 is 15.9 Å². The second-order valence-corrected chi connectivity index (χ2v) is 6.04. The van der Waals surface area contributed by atoms with E-state index >= 15 is 0 Å². The molecule has 1 fully saturated rings. The smallest absolute Gasteiger partial charge is 0.0991 e. The Morgan fingerprint density at radius 2 is 2.15 bits per heavy atom. The van der Waals surface area contributed by atoms with Crippen LogP contribution in [0.1, 0.15) is 23.6 Å². The van der Waals surface area contributed by atoms with Crippen molar-refractivity contribution >= 4 is 15.9 Å². The highest BCUT2D eigenvalue weighted by atomic mass is 79.9. The third-order valence-corrected chi connectivity index (χ3v) is 4.09. The second-order valence-electron chi connectivity index (χ2n) is 5.12. The molecule has 1 aliphatic heterocycles. The number of likely N-dealkylation sites (tertiary alicyclic amines) is 1. The summed E-state index contributed by atoms with van der Waals surface area (Å²) in [5, 5.41) is 13.2. The molecule has 2 heterocycles. The van der Waals surface area contributed by atoms with E-state index in [4.69, 9.17) is 5.26 Å². The number of benzene rings is 1. The molecule has 1 aromatic carbocycles. The molecule has 1 aliphatic rings. The molecule has 102 valence electrons. The number of hydrogen-bond donors (Lipinski definition) is 0. The minimum absolute atomic E-state index is 0.458. The topological polar surface area (TPSA) is 44.9 Å². The van der Waals surface area contributed by atoms with Gasteiger partial charge in [0, 0.05) is 25.8 Å². The predicted molar refractivity (Wildman–Crippen MR) is 80.0 cm³/mol. The number of rotatable bonds is 3. The number of halogens is 1. The molecular weight excluding hydrogens is 316 g/mol. The van der Waals surface area contributed by atoms with E-state index in [0.29, 0.717) is 6.04 Å². The van der Waals surface area contributed by atoms with E-state index in [1.165, 1.54) is 5.56 Å². The van der Waals surface area contributed by atoms with Gasteiger partial charge in [0.15, 0.2) is 0 Å². The molecule has 0 N–H and O–H groups in total. The van der Waals surface area contributed by atoms with E-state index in [1.54, 1.807) is 0 Å². The van der Waals surface area contributed by atoms with Gasteiger partial charge in [0.1, 0.15) is 0 Å². The van der Waals surface area contributed by atoms with Gasteiger partial charge in [0.25, 0.3) is 0 Å². The molecule has 0 amide bonds. The molecule has 0 bridgehead atoms. The lowest BCUT2D eigenvalue weighted by atomic mass is 10.1.